The van der Waals surface area contributed by atoms with Crippen molar-refractivity contribution in [3.63, 3.8) is 0 Å². The molecule has 0 unspecified atom stereocenters. The molecule has 3 aromatic heterocycles. The van der Waals surface area contributed by atoms with E-state index in [1.165, 1.54) is 10.6 Å². The van der Waals surface area contributed by atoms with E-state index in [1.54, 1.807) is 25.3 Å². The number of rotatable bonds is 9. The van der Waals surface area contributed by atoms with Crippen molar-refractivity contribution in [2.75, 3.05) is 0 Å². The molecule has 1 amide bonds. The van der Waals surface area contributed by atoms with Gasteiger partial charge < -0.3 is 19.6 Å². The first-order valence-corrected chi connectivity index (χ1v) is 11.7. The van der Waals surface area contributed by atoms with Gasteiger partial charge in [-0.05, 0) is 31.0 Å². The van der Waals surface area contributed by atoms with E-state index in [0.717, 1.165) is 16.9 Å². The Kier molecular flexibility index (Phi) is 7.11. The highest BCUT2D eigenvalue weighted by molar-refractivity contribution is 7.16. The molecule has 0 saturated heterocycles. The molecule has 4 aromatic rings. The summed E-state index contributed by atoms with van der Waals surface area (Å²) in [7, 11) is 0. The number of hydrogen-bond donors (Lipinski definition) is 2. The lowest BCUT2D eigenvalue weighted by Crippen LogP contribution is -2.22. The van der Waals surface area contributed by atoms with Gasteiger partial charge in [-0.3, -0.25) is 14.2 Å². The van der Waals surface area contributed by atoms with Crippen molar-refractivity contribution in [1.82, 2.24) is 14.9 Å². The first-order valence-electron chi connectivity index (χ1n) is 10.9. The molecule has 0 saturated carbocycles. The van der Waals surface area contributed by atoms with Crippen LogP contribution in [0, 0.1) is 6.92 Å². The normalized spacial score (nSPS) is 10.8. The Balaban J connectivity index is 1.44. The Bertz CT molecular complexity index is 1420. The number of carbonyl (C=O) groups excluding carboxylic acids is 1. The molecular formula is C25H23N3O6S. The van der Waals surface area contributed by atoms with Gasteiger partial charge in [0.2, 0.25) is 5.76 Å². The third-order valence-electron chi connectivity index (χ3n) is 5.20. The van der Waals surface area contributed by atoms with E-state index in [-0.39, 0.29) is 17.9 Å². The summed E-state index contributed by atoms with van der Waals surface area (Å²) in [5, 5.41) is 12.3. The maximum Gasteiger partial charge on any atom is 0.372 e. The fourth-order valence-electron chi connectivity index (χ4n) is 3.41. The Labute approximate surface area is 204 Å². The van der Waals surface area contributed by atoms with Gasteiger partial charge in [-0.25, -0.2) is 9.78 Å². The highest BCUT2D eigenvalue weighted by Gasteiger charge is 2.19. The number of hydrogen-bond acceptors (Lipinski definition) is 7. The van der Waals surface area contributed by atoms with Crippen molar-refractivity contribution in [2.45, 2.75) is 33.4 Å². The number of pyridine rings is 1. The molecule has 2 N–H and O–H groups in total. The Hall–Kier alpha value is -4.18. The number of ether oxygens (including phenoxy) is 1. The smallest absolute Gasteiger partial charge is 0.372 e. The highest BCUT2D eigenvalue weighted by Crippen LogP contribution is 2.22. The molecular weight excluding hydrogens is 470 g/mol. The van der Waals surface area contributed by atoms with Gasteiger partial charge in [0.15, 0.2) is 5.13 Å². The number of nitrogens with zero attached hydrogens (tertiary/aromatic N) is 2. The lowest BCUT2D eigenvalue weighted by Gasteiger charge is -2.07. The number of benzene rings is 1. The molecule has 0 aliphatic carbocycles. The second kappa shape index (κ2) is 10.4. The average Bonchev–Trinajstić information content (AvgIpc) is 3.45. The van der Waals surface area contributed by atoms with Crippen LogP contribution in [0.25, 0.3) is 5.13 Å². The third-order valence-corrected chi connectivity index (χ3v) is 6.35. The molecule has 0 spiro atoms. The van der Waals surface area contributed by atoms with Crippen LogP contribution in [-0.4, -0.2) is 26.5 Å². The average molecular weight is 494 g/mol. The summed E-state index contributed by atoms with van der Waals surface area (Å²) in [6.45, 7) is 3.88. The molecule has 10 heteroatoms. The lowest BCUT2D eigenvalue weighted by atomic mass is 10.2. The summed E-state index contributed by atoms with van der Waals surface area (Å²) in [5.41, 5.74) is 1.69. The van der Waals surface area contributed by atoms with Crippen molar-refractivity contribution in [1.29, 1.82) is 0 Å². The SMILES string of the molecule is CCc1cc(CNC(=O)c2sc(-n3ccc(OCc4ccccc4)cc3=O)nc2C)oc1C(=O)O. The summed E-state index contributed by atoms with van der Waals surface area (Å²) in [5.74, 6) is -0.884. The number of carbonyl (C=O) groups is 2. The predicted octanol–water partition coefficient (Wildman–Crippen LogP) is 3.97. The predicted molar refractivity (Wildman–Crippen MR) is 129 cm³/mol. The topological polar surface area (TPSA) is 124 Å². The summed E-state index contributed by atoms with van der Waals surface area (Å²) >= 11 is 1.08. The molecule has 3 heterocycles. The molecule has 4 rings (SSSR count). The van der Waals surface area contributed by atoms with Gasteiger partial charge in [-0.1, -0.05) is 48.6 Å². The van der Waals surface area contributed by atoms with Crippen molar-refractivity contribution in [3.8, 4) is 10.9 Å². The quantitative estimate of drug-likeness (QED) is 0.362. The maximum atomic E-state index is 12.7. The first-order chi connectivity index (χ1) is 16.9. The van der Waals surface area contributed by atoms with E-state index in [0.29, 0.717) is 45.8 Å². The van der Waals surface area contributed by atoms with E-state index in [4.69, 9.17) is 9.15 Å². The molecule has 0 aliphatic rings. The number of furan rings is 1. The van der Waals surface area contributed by atoms with Crippen LogP contribution in [0.15, 0.2) is 63.9 Å². The second-order valence-corrected chi connectivity index (χ2v) is 8.64. The van der Waals surface area contributed by atoms with Crippen LogP contribution in [-0.2, 0) is 19.6 Å². The number of nitrogens with one attached hydrogen (secondary N) is 1. The van der Waals surface area contributed by atoms with E-state index in [9.17, 15) is 19.5 Å². The Morgan fingerprint density at radius 1 is 1.20 bits per heavy atom. The minimum atomic E-state index is -1.15. The van der Waals surface area contributed by atoms with Crippen LogP contribution >= 0.6 is 11.3 Å². The van der Waals surface area contributed by atoms with E-state index in [1.807, 2.05) is 37.3 Å². The molecule has 0 atom stereocenters. The fraction of sp³-hybridized carbons (Fsp3) is 0.200. The van der Waals surface area contributed by atoms with Gasteiger partial charge in [-0.2, -0.15) is 0 Å². The Morgan fingerprint density at radius 3 is 2.63 bits per heavy atom. The monoisotopic (exact) mass is 493 g/mol. The van der Waals surface area contributed by atoms with Gasteiger partial charge in [-0.15, -0.1) is 0 Å². The lowest BCUT2D eigenvalue weighted by molar-refractivity contribution is 0.0658. The van der Waals surface area contributed by atoms with E-state index >= 15 is 0 Å². The second-order valence-electron chi connectivity index (χ2n) is 7.66. The van der Waals surface area contributed by atoms with Gasteiger partial charge in [0.05, 0.1) is 12.2 Å². The van der Waals surface area contributed by atoms with Gasteiger partial charge in [0.25, 0.3) is 11.5 Å². The summed E-state index contributed by atoms with van der Waals surface area (Å²) in [4.78, 5) is 41.4. The highest BCUT2D eigenvalue weighted by atomic mass is 32.1. The number of amides is 1. The summed E-state index contributed by atoms with van der Waals surface area (Å²) in [6.07, 6.45) is 2.06. The Morgan fingerprint density at radius 2 is 1.97 bits per heavy atom. The van der Waals surface area contributed by atoms with Crippen LogP contribution < -0.4 is 15.6 Å². The molecule has 0 bridgehead atoms. The van der Waals surface area contributed by atoms with E-state index in [2.05, 4.69) is 10.3 Å². The zero-order valence-electron chi connectivity index (χ0n) is 19.1. The maximum absolute atomic E-state index is 12.7. The van der Waals surface area contributed by atoms with Gasteiger partial charge in [0, 0.05) is 17.8 Å². The van der Waals surface area contributed by atoms with Crippen LogP contribution in [0.3, 0.4) is 0 Å². The number of thiazole rings is 1. The number of carboxylic acids is 1. The zero-order chi connectivity index (χ0) is 24.9. The zero-order valence-corrected chi connectivity index (χ0v) is 19.9. The van der Waals surface area contributed by atoms with E-state index < -0.39 is 11.9 Å². The molecule has 180 valence electrons. The van der Waals surface area contributed by atoms with Crippen LogP contribution in [0.1, 0.15) is 49.7 Å². The summed E-state index contributed by atoms with van der Waals surface area (Å²) in [6, 6.07) is 14.3. The standard InChI is InChI=1S/C25H23N3O6S/c1-3-17-11-19(34-21(17)24(31)32)13-26-23(30)22-15(2)27-25(35-22)28-10-9-18(12-20(28)29)33-14-16-7-5-4-6-8-16/h4-12H,3,13-14H2,1-2H3,(H,26,30)(H,31,32). The molecule has 0 aliphatic heterocycles. The summed E-state index contributed by atoms with van der Waals surface area (Å²) < 4.78 is 12.4. The van der Waals surface area contributed by atoms with Crippen LogP contribution in [0.5, 0.6) is 5.75 Å². The minimum Gasteiger partial charge on any atom is -0.489 e. The van der Waals surface area contributed by atoms with Gasteiger partial charge in [0.1, 0.15) is 23.0 Å². The van der Waals surface area contributed by atoms with Crippen molar-refractivity contribution >= 4 is 23.2 Å². The number of aryl methyl sites for hydroxylation is 2. The number of aromatic nitrogens is 2. The first kappa shape index (κ1) is 24.0. The third kappa shape index (κ3) is 5.49. The number of aromatic carboxylic acids is 1. The van der Waals surface area contributed by atoms with Crippen molar-refractivity contribution in [3.05, 3.63) is 98.3 Å². The van der Waals surface area contributed by atoms with Gasteiger partial charge >= 0.3 is 5.97 Å². The fourth-order valence-corrected chi connectivity index (χ4v) is 4.38. The molecule has 0 radical (unpaired) electrons. The molecule has 0 fully saturated rings. The van der Waals surface area contributed by atoms with Crippen molar-refractivity contribution in [2.24, 2.45) is 0 Å². The largest absolute Gasteiger partial charge is 0.489 e. The van der Waals surface area contributed by atoms with Crippen LogP contribution in [0.4, 0.5) is 0 Å². The van der Waals surface area contributed by atoms with Crippen LogP contribution in [0.2, 0.25) is 0 Å². The number of carboxylic acid groups (broad SMARTS) is 1. The van der Waals surface area contributed by atoms with Crippen molar-refractivity contribution < 1.29 is 23.8 Å². The molecule has 1 aromatic carbocycles. The minimum absolute atomic E-state index is 0.0270. The molecule has 9 nitrogen and oxygen atoms in total. The molecule has 35 heavy (non-hydrogen) atoms.